The highest BCUT2D eigenvalue weighted by Gasteiger charge is 2.55. The first-order valence-corrected chi connectivity index (χ1v) is 11.1. The molecule has 30 heavy (non-hydrogen) atoms. The van der Waals surface area contributed by atoms with Gasteiger partial charge in [0.1, 0.15) is 5.51 Å². The minimum atomic E-state index is -0.532. The Kier molecular flexibility index (Phi) is 4.83. The first-order valence-electron chi connectivity index (χ1n) is 10.2. The number of carbonyl (C=O) groups is 2. The summed E-state index contributed by atoms with van der Waals surface area (Å²) < 4.78 is 0. The van der Waals surface area contributed by atoms with Gasteiger partial charge < -0.3 is 4.90 Å². The lowest BCUT2D eigenvalue weighted by Gasteiger charge is -2.50. The molecule has 1 aliphatic heterocycles. The molecule has 0 radical (unpaired) electrons. The molecule has 1 aromatic heterocycles. The van der Waals surface area contributed by atoms with Crippen molar-refractivity contribution in [3.05, 3.63) is 76.8 Å². The van der Waals surface area contributed by atoms with Crippen LogP contribution in [0, 0.1) is 0 Å². The van der Waals surface area contributed by atoms with Gasteiger partial charge in [-0.05, 0) is 30.0 Å². The van der Waals surface area contributed by atoms with Crippen LogP contribution in [0.3, 0.4) is 0 Å². The van der Waals surface area contributed by atoms with Crippen LogP contribution in [-0.4, -0.2) is 32.5 Å². The summed E-state index contributed by atoms with van der Waals surface area (Å²) in [5.74, 6) is -0.551. The number of carbonyl (C=O) groups excluding carboxylic acids is 2. The van der Waals surface area contributed by atoms with Gasteiger partial charge >= 0.3 is 0 Å². The molecule has 6 nitrogen and oxygen atoms in total. The molecule has 0 saturated heterocycles. The molecule has 1 aliphatic carbocycles. The summed E-state index contributed by atoms with van der Waals surface area (Å²) in [6.07, 6.45) is 3.63. The van der Waals surface area contributed by atoms with Crippen molar-refractivity contribution in [2.75, 3.05) is 5.32 Å². The number of nitrogens with one attached hydrogen (secondary N) is 1. The Morgan fingerprint density at radius 1 is 1.10 bits per heavy atom. The van der Waals surface area contributed by atoms with Crippen LogP contribution in [0.15, 0.2) is 60.1 Å². The summed E-state index contributed by atoms with van der Waals surface area (Å²) in [7, 11) is 0. The van der Waals surface area contributed by atoms with Crippen LogP contribution in [-0.2, 0) is 11.3 Å². The van der Waals surface area contributed by atoms with Crippen molar-refractivity contribution in [2.24, 2.45) is 0 Å². The van der Waals surface area contributed by atoms with E-state index in [9.17, 15) is 9.59 Å². The van der Waals surface area contributed by atoms with E-state index in [4.69, 9.17) is 0 Å². The molecular formula is C23H22N4O2S. The first-order chi connectivity index (χ1) is 14.7. The van der Waals surface area contributed by atoms with Gasteiger partial charge in [0.2, 0.25) is 11.0 Å². The molecule has 5 rings (SSSR count). The quantitative estimate of drug-likeness (QED) is 0.688. The molecule has 1 fully saturated rings. The molecule has 1 saturated carbocycles. The highest BCUT2D eigenvalue weighted by Crippen LogP contribution is 2.51. The van der Waals surface area contributed by atoms with E-state index in [-0.39, 0.29) is 11.8 Å². The lowest BCUT2D eigenvalue weighted by atomic mass is 9.71. The average Bonchev–Trinajstić information content (AvgIpc) is 3.45. The van der Waals surface area contributed by atoms with E-state index < -0.39 is 11.5 Å². The maximum Gasteiger partial charge on any atom is 0.254 e. The summed E-state index contributed by atoms with van der Waals surface area (Å²) in [4.78, 5) is 29.2. The Bertz CT molecular complexity index is 1060. The summed E-state index contributed by atoms with van der Waals surface area (Å²) in [6.45, 7) is 0.497. The molecular weight excluding hydrogens is 396 g/mol. The lowest BCUT2D eigenvalue weighted by molar-refractivity contribution is -0.121. The largest absolute Gasteiger partial charge is 0.327 e. The third-order valence-electron chi connectivity index (χ3n) is 6.33. The molecule has 1 atom stereocenters. The Morgan fingerprint density at radius 2 is 1.83 bits per heavy atom. The molecule has 2 aliphatic rings. The molecule has 1 N–H and O–H groups in total. The van der Waals surface area contributed by atoms with Crippen molar-refractivity contribution in [1.82, 2.24) is 15.1 Å². The molecule has 3 aromatic rings. The van der Waals surface area contributed by atoms with Gasteiger partial charge in [-0.15, -0.1) is 10.2 Å². The summed E-state index contributed by atoms with van der Waals surface area (Å²) in [6, 6.07) is 17.5. The number of hydrogen-bond donors (Lipinski definition) is 1. The van der Waals surface area contributed by atoms with Crippen LogP contribution in [0.4, 0.5) is 5.13 Å². The molecule has 0 unspecified atom stereocenters. The van der Waals surface area contributed by atoms with Gasteiger partial charge in [0.25, 0.3) is 5.91 Å². The van der Waals surface area contributed by atoms with Crippen LogP contribution < -0.4 is 5.32 Å². The fourth-order valence-corrected chi connectivity index (χ4v) is 5.52. The normalized spacial score (nSPS) is 19.7. The molecule has 152 valence electrons. The minimum absolute atomic E-state index is 0.0105. The molecule has 2 heterocycles. The Morgan fingerprint density at radius 3 is 2.57 bits per heavy atom. The number of benzene rings is 2. The molecule has 1 spiro atoms. The summed E-state index contributed by atoms with van der Waals surface area (Å²) >= 11 is 1.30. The van der Waals surface area contributed by atoms with Crippen LogP contribution in [0.25, 0.3) is 0 Å². The van der Waals surface area contributed by atoms with Crippen molar-refractivity contribution in [3.8, 4) is 0 Å². The number of anilines is 1. The van der Waals surface area contributed by atoms with E-state index in [1.54, 1.807) is 5.51 Å². The minimum Gasteiger partial charge on any atom is -0.327 e. The van der Waals surface area contributed by atoms with Crippen molar-refractivity contribution in [3.63, 3.8) is 0 Å². The Labute approximate surface area is 178 Å². The van der Waals surface area contributed by atoms with E-state index in [0.717, 1.165) is 36.8 Å². The van der Waals surface area contributed by atoms with Gasteiger partial charge in [-0.3, -0.25) is 14.9 Å². The molecule has 0 bridgehead atoms. The van der Waals surface area contributed by atoms with Crippen LogP contribution >= 0.6 is 11.3 Å². The maximum absolute atomic E-state index is 13.6. The first kappa shape index (κ1) is 18.9. The zero-order chi connectivity index (χ0) is 20.6. The fraction of sp³-hybridized carbons (Fsp3) is 0.304. The van der Waals surface area contributed by atoms with Crippen molar-refractivity contribution >= 4 is 28.3 Å². The SMILES string of the molecule is O=C(Nc1nncs1)[C@H]1c2ccccc2C(=O)N(Cc2ccccc2)C12CCCC2. The van der Waals surface area contributed by atoms with Gasteiger partial charge in [-0.25, -0.2) is 0 Å². The van der Waals surface area contributed by atoms with Gasteiger partial charge in [0.05, 0.1) is 11.5 Å². The fourth-order valence-electron chi connectivity index (χ4n) is 5.07. The van der Waals surface area contributed by atoms with Crippen LogP contribution in [0.2, 0.25) is 0 Å². The number of rotatable bonds is 4. The number of hydrogen-bond acceptors (Lipinski definition) is 5. The highest BCUT2D eigenvalue weighted by atomic mass is 32.1. The van der Waals surface area contributed by atoms with Gasteiger partial charge in [-0.1, -0.05) is 72.7 Å². The van der Waals surface area contributed by atoms with E-state index >= 15 is 0 Å². The number of fused-ring (bicyclic) bond motifs is 1. The van der Waals surface area contributed by atoms with Gasteiger partial charge in [0.15, 0.2) is 0 Å². The van der Waals surface area contributed by atoms with Gasteiger partial charge in [-0.2, -0.15) is 0 Å². The predicted molar refractivity (Wildman–Crippen MR) is 115 cm³/mol. The zero-order valence-corrected chi connectivity index (χ0v) is 17.3. The third kappa shape index (κ3) is 3.10. The summed E-state index contributed by atoms with van der Waals surface area (Å²) in [5.41, 5.74) is 3.57. The Balaban J connectivity index is 1.62. The number of nitrogens with zero attached hydrogens (tertiary/aromatic N) is 3. The smallest absolute Gasteiger partial charge is 0.254 e. The van der Waals surface area contributed by atoms with Crippen LogP contribution in [0.5, 0.6) is 0 Å². The standard InChI is InChI=1S/C23H22N4O2S/c28-20(25-22-26-24-15-30-22)19-17-10-4-5-11-18(17)21(29)27(23(19)12-6-7-13-23)14-16-8-2-1-3-9-16/h1-5,8-11,15,19H,6-7,12-14H2,(H,25,26,28)/t19-/m1/s1. The van der Waals surface area contributed by atoms with E-state index in [1.807, 2.05) is 59.5 Å². The van der Waals surface area contributed by atoms with Crippen molar-refractivity contribution in [1.29, 1.82) is 0 Å². The van der Waals surface area contributed by atoms with Crippen LogP contribution in [0.1, 0.15) is 53.1 Å². The molecule has 2 aromatic carbocycles. The monoisotopic (exact) mass is 418 g/mol. The highest BCUT2D eigenvalue weighted by molar-refractivity contribution is 7.13. The number of amides is 2. The predicted octanol–water partition coefficient (Wildman–Crippen LogP) is 4.23. The molecule has 2 amide bonds. The van der Waals surface area contributed by atoms with E-state index in [0.29, 0.717) is 17.2 Å². The van der Waals surface area contributed by atoms with Gasteiger partial charge in [0, 0.05) is 12.1 Å². The topological polar surface area (TPSA) is 75.2 Å². The van der Waals surface area contributed by atoms with Crippen molar-refractivity contribution in [2.45, 2.75) is 43.7 Å². The number of aromatic nitrogens is 2. The summed E-state index contributed by atoms with van der Waals surface area (Å²) in [5, 5.41) is 11.2. The second kappa shape index (κ2) is 7.65. The van der Waals surface area contributed by atoms with Crippen molar-refractivity contribution < 1.29 is 9.59 Å². The van der Waals surface area contributed by atoms with E-state index in [2.05, 4.69) is 15.5 Å². The lowest BCUT2D eigenvalue weighted by Crippen LogP contribution is -2.59. The average molecular weight is 419 g/mol. The molecule has 7 heteroatoms. The zero-order valence-electron chi connectivity index (χ0n) is 16.5. The maximum atomic E-state index is 13.6. The Hall–Kier alpha value is -3.06. The van der Waals surface area contributed by atoms with E-state index in [1.165, 1.54) is 11.3 Å². The second-order valence-corrected chi connectivity index (χ2v) is 8.77. The second-order valence-electron chi connectivity index (χ2n) is 7.94. The third-order valence-corrected chi connectivity index (χ3v) is 6.93.